The van der Waals surface area contributed by atoms with Crippen molar-refractivity contribution in [2.45, 2.75) is 51.7 Å². The van der Waals surface area contributed by atoms with E-state index in [0.29, 0.717) is 37.0 Å². The van der Waals surface area contributed by atoms with Crippen LogP contribution in [0.1, 0.15) is 38.2 Å². The van der Waals surface area contributed by atoms with E-state index >= 15 is 0 Å². The monoisotopic (exact) mass is 338 g/mol. The first-order valence-corrected chi connectivity index (χ1v) is 8.64. The Bertz CT molecular complexity index is 573. The number of hydrogen-bond donors (Lipinski definition) is 0. The summed E-state index contributed by atoms with van der Waals surface area (Å²) < 4.78 is 27.9. The maximum Gasteiger partial charge on any atom is 0.360 e. The maximum atomic E-state index is 11.9. The molecule has 1 aliphatic carbocycles. The van der Waals surface area contributed by atoms with Crippen molar-refractivity contribution in [1.29, 1.82) is 0 Å². The fraction of sp³-hybridized carbons (Fsp3) is 0.471. The quantitative estimate of drug-likeness (QED) is 0.588. The zero-order chi connectivity index (χ0) is 16.8. The van der Waals surface area contributed by atoms with Gasteiger partial charge in [0.1, 0.15) is 11.9 Å². The number of carbonyl (C=O) groups excluding carboxylic acids is 1. The van der Waals surface area contributed by atoms with Gasteiger partial charge in [-0.1, -0.05) is 24.3 Å². The molecule has 126 valence electrons. The maximum absolute atomic E-state index is 11.9. The Kier molecular flexibility index (Phi) is 6.36. The lowest BCUT2D eigenvalue weighted by Crippen LogP contribution is -2.29. The van der Waals surface area contributed by atoms with Crippen LogP contribution >= 0.6 is 0 Å². The van der Waals surface area contributed by atoms with E-state index in [0.717, 1.165) is 5.56 Å². The fourth-order valence-corrected chi connectivity index (χ4v) is 3.02. The molecule has 2 rings (SSSR count). The molecule has 0 aliphatic heterocycles. The molecular formula is C17H22O5S. The van der Waals surface area contributed by atoms with Gasteiger partial charge < -0.3 is 8.92 Å². The standard InChI is InChI=1S/C17H22O5S/c1-12(2)17(18)20-14-8-10-16(11-9-14)22-23(19)21-15-6-4-13(3)5-7-15/h4-7,14,16H,1,8-11H2,2-3H3. The lowest BCUT2D eigenvalue weighted by atomic mass is 9.95. The van der Waals surface area contributed by atoms with Crippen molar-refractivity contribution in [2.24, 2.45) is 0 Å². The second-order valence-electron chi connectivity index (χ2n) is 5.78. The van der Waals surface area contributed by atoms with Crippen LogP contribution in [0.2, 0.25) is 0 Å². The smallest absolute Gasteiger partial charge is 0.360 e. The fourth-order valence-electron chi connectivity index (χ4n) is 2.30. The van der Waals surface area contributed by atoms with Crippen molar-refractivity contribution < 1.29 is 22.1 Å². The largest absolute Gasteiger partial charge is 0.459 e. The van der Waals surface area contributed by atoms with Crippen LogP contribution in [0.15, 0.2) is 36.4 Å². The van der Waals surface area contributed by atoms with Gasteiger partial charge in [-0.05, 0) is 51.7 Å². The molecule has 1 fully saturated rings. The van der Waals surface area contributed by atoms with Crippen molar-refractivity contribution in [2.75, 3.05) is 0 Å². The number of hydrogen-bond acceptors (Lipinski definition) is 5. The molecule has 1 atom stereocenters. The number of aryl methyl sites for hydroxylation is 1. The summed E-state index contributed by atoms with van der Waals surface area (Å²) >= 11 is -1.83. The average Bonchev–Trinajstić information content (AvgIpc) is 2.51. The SMILES string of the molecule is C=C(C)C(=O)OC1CCC(OS(=O)Oc2ccc(C)cc2)CC1. The molecule has 1 aliphatic rings. The topological polar surface area (TPSA) is 61.8 Å². The lowest BCUT2D eigenvalue weighted by Gasteiger charge is -2.27. The summed E-state index contributed by atoms with van der Waals surface area (Å²) in [5.74, 6) is 0.152. The minimum atomic E-state index is -1.83. The third-order valence-electron chi connectivity index (χ3n) is 3.64. The number of rotatable bonds is 6. The van der Waals surface area contributed by atoms with Crippen LogP contribution < -0.4 is 4.18 Å². The molecule has 0 spiro atoms. The van der Waals surface area contributed by atoms with E-state index in [1.807, 2.05) is 19.1 Å². The molecule has 6 heteroatoms. The summed E-state index contributed by atoms with van der Waals surface area (Å²) in [5, 5.41) is 0. The van der Waals surface area contributed by atoms with Crippen molar-refractivity contribution in [3.63, 3.8) is 0 Å². The van der Waals surface area contributed by atoms with Crippen LogP contribution in [-0.2, 0) is 25.1 Å². The molecule has 5 nitrogen and oxygen atoms in total. The zero-order valence-electron chi connectivity index (χ0n) is 13.4. The molecule has 1 aromatic carbocycles. The summed E-state index contributed by atoms with van der Waals surface area (Å²) in [4.78, 5) is 11.5. The van der Waals surface area contributed by atoms with Crippen LogP contribution in [0.4, 0.5) is 0 Å². The molecule has 0 amide bonds. The molecular weight excluding hydrogens is 316 g/mol. The highest BCUT2D eigenvalue weighted by Crippen LogP contribution is 2.25. The van der Waals surface area contributed by atoms with Crippen molar-refractivity contribution >= 4 is 17.3 Å². The highest BCUT2D eigenvalue weighted by molar-refractivity contribution is 7.75. The van der Waals surface area contributed by atoms with Crippen molar-refractivity contribution in [3.8, 4) is 5.75 Å². The van der Waals surface area contributed by atoms with E-state index in [4.69, 9.17) is 13.1 Å². The van der Waals surface area contributed by atoms with Crippen LogP contribution in [0.25, 0.3) is 0 Å². The van der Waals surface area contributed by atoms with Gasteiger partial charge in [0.25, 0.3) is 0 Å². The zero-order valence-corrected chi connectivity index (χ0v) is 14.3. The van der Waals surface area contributed by atoms with Gasteiger partial charge in [-0.15, -0.1) is 0 Å². The highest BCUT2D eigenvalue weighted by atomic mass is 32.2. The Morgan fingerprint density at radius 1 is 1.13 bits per heavy atom. The molecule has 1 saturated carbocycles. The average molecular weight is 338 g/mol. The van der Waals surface area contributed by atoms with Gasteiger partial charge in [0, 0.05) is 5.57 Å². The summed E-state index contributed by atoms with van der Waals surface area (Å²) in [6.07, 6.45) is 2.46. The first kappa shape index (κ1) is 17.7. The molecule has 1 unspecified atom stereocenters. The minimum Gasteiger partial charge on any atom is -0.459 e. The van der Waals surface area contributed by atoms with Gasteiger partial charge in [0.2, 0.25) is 0 Å². The Morgan fingerprint density at radius 2 is 1.70 bits per heavy atom. The Morgan fingerprint density at radius 3 is 2.26 bits per heavy atom. The first-order valence-electron chi connectivity index (χ1n) is 7.64. The number of benzene rings is 1. The van der Waals surface area contributed by atoms with E-state index < -0.39 is 11.4 Å². The molecule has 1 aromatic rings. The van der Waals surface area contributed by atoms with Crippen LogP contribution in [-0.4, -0.2) is 22.4 Å². The summed E-state index contributed by atoms with van der Waals surface area (Å²) in [6.45, 7) is 7.16. The van der Waals surface area contributed by atoms with Gasteiger partial charge in [-0.3, -0.25) is 4.18 Å². The molecule has 0 aromatic heterocycles. The third-order valence-corrected chi connectivity index (χ3v) is 4.40. The Hall–Kier alpha value is -1.66. The predicted octanol–water partition coefficient (Wildman–Crippen LogP) is 3.40. The number of carbonyl (C=O) groups is 1. The minimum absolute atomic E-state index is 0.120. The molecule has 0 N–H and O–H groups in total. The molecule has 0 saturated heterocycles. The van der Waals surface area contributed by atoms with Crippen molar-refractivity contribution in [3.05, 3.63) is 42.0 Å². The second kappa shape index (κ2) is 8.26. The van der Waals surface area contributed by atoms with Crippen LogP contribution in [0.3, 0.4) is 0 Å². The van der Waals surface area contributed by atoms with Gasteiger partial charge in [-0.25, -0.2) is 4.79 Å². The van der Waals surface area contributed by atoms with Gasteiger partial charge in [0.05, 0.1) is 6.10 Å². The van der Waals surface area contributed by atoms with Crippen molar-refractivity contribution in [1.82, 2.24) is 0 Å². The van der Waals surface area contributed by atoms with E-state index in [1.54, 1.807) is 19.1 Å². The van der Waals surface area contributed by atoms with Gasteiger partial charge in [0.15, 0.2) is 0 Å². The van der Waals surface area contributed by atoms with E-state index in [9.17, 15) is 9.00 Å². The Balaban J connectivity index is 1.73. The molecule has 0 bridgehead atoms. The van der Waals surface area contributed by atoms with E-state index in [1.165, 1.54) is 0 Å². The summed E-state index contributed by atoms with van der Waals surface area (Å²) in [7, 11) is 0. The number of ether oxygens (including phenoxy) is 1. The van der Waals surface area contributed by atoms with Gasteiger partial charge >= 0.3 is 17.3 Å². The second-order valence-corrected chi connectivity index (χ2v) is 6.55. The molecule has 23 heavy (non-hydrogen) atoms. The highest BCUT2D eigenvalue weighted by Gasteiger charge is 2.26. The van der Waals surface area contributed by atoms with Crippen LogP contribution in [0, 0.1) is 6.92 Å². The Labute approximate surface area is 139 Å². The molecule has 0 radical (unpaired) electrons. The number of esters is 1. The van der Waals surface area contributed by atoms with Crippen LogP contribution in [0.5, 0.6) is 5.75 Å². The first-order chi connectivity index (χ1) is 10.9. The summed E-state index contributed by atoms with van der Waals surface area (Å²) in [5.41, 5.74) is 1.50. The third kappa shape index (κ3) is 5.80. The lowest BCUT2D eigenvalue weighted by molar-refractivity contribution is -0.146. The van der Waals surface area contributed by atoms with E-state index in [2.05, 4.69) is 6.58 Å². The van der Waals surface area contributed by atoms with E-state index in [-0.39, 0.29) is 18.2 Å². The predicted molar refractivity (Wildman–Crippen MR) is 88.0 cm³/mol. The molecule has 0 heterocycles. The van der Waals surface area contributed by atoms with Gasteiger partial charge in [-0.2, -0.15) is 4.21 Å². The summed E-state index contributed by atoms with van der Waals surface area (Å²) in [6, 6.07) is 7.27. The normalized spacial score (nSPS) is 22.2.